The summed E-state index contributed by atoms with van der Waals surface area (Å²) in [6.45, 7) is 3.38. The predicted molar refractivity (Wildman–Crippen MR) is 67.7 cm³/mol. The van der Waals surface area contributed by atoms with Crippen LogP contribution in [0.4, 0.5) is 18.0 Å². The molecule has 2 aromatic heterocycles. The van der Waals surface area contributed by atoms with Crippen LogP contribution < -0.4 is 10.2 Å². The van der Waals surface area contributed by atoms with Crippen molar-refractivity contribution in [3.05, 3.63) is 35.8 Å². The Hall–Kier alpha value is -2.29. The van der Waals surface area contributed by atoms with Crippen LogP contribution in [-0.2, 0) is 6.18 Å². The van der Waals surface area contributed by atoms with E-state index in [1.807, 2.05) is 0 Å². The fourth-order valence-corrected chi connectivity index (χ4v) is 1.61. The number of rotatable bonds is 3. The van der Waals surface area contributed by atoms with Gasteiger partial charge in [-0.05, 0) is 6.07 Å². The first-order valence-electron chi connectivity index (χ1n) is 5.51. The van der Waals surface area contributed by atoms with Gasteiger partial charge in [-0.25, -0.2) is 14.8 Å². The highest BCUT2D eigenvalue weighted by atomic mass is 35.5. The second-order valence-corrected chi connectivity index (χ2v) is 4.21. The molecule has 0 unspecified atom stereocenters. The molecule has 2 aromatic rings. The molecule has 0 aliphatic carbocycles. The van der Waals surface area contributed by atoms with Crippen molar-refractivity contribution < 1.29 is 22.8 Å². The lowest BCUT2D eigenvalue weighted by Gasteiger charge is -2.10. The van der Waals surface area contributed by atoms with E-state index < -0.39 is 18.1 Å². The Morgan fingerprint density at radius 2 is 2.29 bits per heavy atom. The molecule has 0 atom stereocenters. The van der Waals surface area contributed by atoms with E-state index in [0.29, 0.717) is 0 Å². The largest absolute Gasteiger partial charge is 0.453 e. The molecule has 0 saturated carbocycles. The molecule has 0 bridgehead atoms. The summed E-state index contributed by atoms with van der Waals surface area (Å²) in [4.78, 5) is 23.0. The number of alkyl halides is 3. The molecule has 1 amide bonds. The highest BCUT2D eigenvalue weighted by molar-refractivity contribution is 6.31. The summed E-state index contributed by atoms with van der Waals surface area (Å²) >= 11 is 5.68. The average molecular weight is 321 g/mol. The third-order valence-corrected chi connectivity index (χ3v) is 2.46. The van der Waals surface area contributed by atoms with Gasteiger partial charge in [0.05, 0.1) is 5.02 Å². The van der Waals surface area contributed by atoms with Gasteiger partial charge in [0, 0.05) is 12.7 Å². The number of nitrogens with zero attached hydrogens (tertiary/aromatic N) is 3. The van der Waals surface area contributed by atoms with Crippen molar-refractivity contribution in [3.63, 3.8) is 0 Å². The molecule has 21 heavy (non-hydrogen) atoms. The Morgan fingerprint density at radius 3 is 2.90 bits per heavy atom. The Balaban J connectivity index is 2.49. The predicted octanol–water partition coefficient (Wildman–Crippen LogP) is 2.43. The van der Waals surface area contributed by atoms with Crippen LogP contribution in [0.15, 0.2) is 24.9 Å². The zero-order valence-corrected chi connectivity index (χ0v) is 11.1. The summed E-state index contributed by atoms with van der Waals surface area (Å²) in [6.07, 6.45) is -3.44. The molecule has 0 spiro atoms. The van der Waals surface area contributed by atoms with E-state index in [2.05, 4.69) is 26.7 Å². The normalized spacial score (nSPS) is 11.4. The average Bonchev–Trinajstić information content (AvgIpc) is 2.74. The number of carbonyl (C=O) groups excluding carboxylic acids is 1. The molecule has 0 saturated heterocycles. The monoisotopic (exact) mass is 320 g/mol. The van der Waals surface area contributed by atoms with Crippen molar-refractivity contribution in [3.8, 4) is 0 Å². The minimum Gasteiger partial charge on any atom is -0.316 e. The molecule has 0 aliphatic heterocycles. The topological polar surface area (TPSA) is 69.0 Å². The third kappa shape index (κ3) is 3.24. The Morgan fingerprint density at radius 1 is 1.57 bits per heavy atom. The molecule has 0 fully saturated rings. The molecule has 1 N–H and O–H groups in total. The van der Waals surface area contributed by atoms with Crippen LogP contribution in [-0.4, -0.2) is 27.3 Å². The SMILES string of the molecule is C=CCNC(=O)On1c(C(F)(F)F)nc2ncc(Cl)cc21. The molecule has 112 valence electrons. The standard InChI is InChI=1S/C11H8ClF3N4O2/c1-2-3-16-10(20)21-19-7-4-6(12)5-17-8(7)18-9(19)11(13,14)15/h2,4-5H,1,3H2,(H,16,20). The maximum atomic E-state index is 12.9. The van der Waals surface area contributed by atoms with E-state index in [-0.39, 0.29) is 27.5 Å². The van der Waals surface area contributed by atoms with Crippen LogP contribution in [0.1, 0.15) is 5.82 Å². The Bertz CT molecular complexity index is 699. The number of nitrogens with one attached hydrogen (secondary N) is 1. The van der Waals surface area contributed by atoms with Crippen molar-refractivity contribution in [2.45, 2.75) is 6.18 Å². The van der Waals surface area contributed by atoms with E-state index >= 15 is 0 Å². The first kappa shape index (κ1) is 15.1. The number of aromatic nitrogens is 3. The minimum atomic E-state index is -4.83. The molecule has 0 aliphatic rings. The molecule has 0 aromatic carbocycles. The van der Waals surface area contributed by atoms with E-state index in [9.17, 15) is 18.0 Å². The molecule has 2 heterocycles. The highest BCUT2D eigenvalue weighted by Gasteiger charge is 2.39. The van der Waals surface area contributed by atoms with Gasteiger partial charge in [-0.15, -0.1) is 11.3 Å². The van der Waals surface area contributed by atoms with Crippen molar-refractivity contribution in [2.75, 3.05) is 6.54 Å². The zero-order chi connectivity index (χ0) is 15.6. The molecular formula is C11H8ClF3N4O2. The van der Waals surface area contributed by atoms with Crippen molar-refractivity contribution in [2.24, 2.45) is 0 Å². The Kier molecular flexibility index (Phi) is 4.03. The van der Waals surface area contributed by atoms with Crippen LogP contribution in [0.3, 0.4) is 0 Å². The van der Waals surface area contributed by atoms with Gasteiger partial charge >= 0.3 is 12.3 Å². The summed E-state index contributed by atoms with van der Waals surface area (Å²) in [5, 5.41) is 2.26. The first-order chi connectivity index (χ1) is 9.82. The maximum absolute atomic E-state index is 12.9. The lowest BCUT2D eigenvalue weighted by molar-refractivity contribution is -0.152. The van der Waals surface area contributed by atoms with Crippen LogP contribution in [0, 0.1) is 0 Å². The van der Waals surface area contributed by atoms with Crippen LogP contribution in [0.2, 0.25) is 5.02 Å². The minimum absolute atomic E-state index is 0.0336. The summed E-state index contributed by atoms with van der Waals surface area (Å²) in [5.74, 6) is -1.42. The number of hydrogen-bond acceptors (Lipinski definition) is 4. The maximum Gasteiger partial charge on any atom is 0.453 e. The quantitative estimate of drug-likeness (QED) is 0.882. The zero-order valence-electron chi connectivity index (χ0n) is 10.3. The summed E-state index contributed by atoms with van der Waals surface area (Å²) in [6, 6.07) is 1.16. The number of fused-ring (bicyclic) bond motifs is 1. The second kappa shape index (κ2) is 5.60. The van der Waals surface area contributed by atoms with Gasteiger partial charge in [-0.3, -0.25) is 0 Å². The fraction of sp³-hybridized carbons (Fsp3) is 0.182. The molecule has 2 rings (SSSR count). The van der Waals surface area contributed by atoms with Crippen LogP contribution in [0.25, 0.3) is 11.2 Å². The highest BCUT2D eigenvalue weighted by Crippen LogP contribution is 2.30. The van der Waals surface area contributed by atoms with E-state index in [4.69, 9.17) is 11.6 Å². The third-order valence-electron chi connectivity index (χ3n) is 2.26. The van der Waals surface area contributed by atoms with E-state index in [0.717, 1.165) is 12.3 Å². The summed E-state index contributed by atoms with van der Waals surface area (Å²) in [7, 11) is 0. The number of amides is 1. The number of halogens is 4. The van der Waals surface area contributed by atoms with Gasteiger partial charge in [-0.2, -0.15) is 13.2 Å². The first-order valence-corrected chi connectivity index (χ1v) is 5.89. The number of hydrogen-bond donors (Lipinski definition) is 1. The number of pyridine rings is 1. The van der Waals surface area contributed by atoms with Gasteiger partial charge in [0.25, 0.3) is 5.82 Å². The molecule has 6 nitrogen and oxygen atoms in total. The van der Waals surface area contributed by atoms with Crippen molar-refractivity contribution in [1.29, 1.82) is 0 Å². The molecular weight excluding hydrogens is 313 g/mol. The lowest BCUT2D eigenvalue weighted by Crippen LogP contribution is -2.34. The number of imidazole rings is 1. The second-order valence-electron chi connectivity index (χ2n) is 3.77. The van der Waals surface area contributed by atoms with Crippen LogP contribution in [0.5, 0.6) is 0 Å². The Labute approximate surface area is 121 Å². The van der Waals surface area contributed by atoms with Gasteiger partial charge in [0.15, 0.2) is 5.65 Å². The summed E-state index contributed by atoms with van der Waals surface area (Å²) < 4.78 is 39.0. The van der Waals surface area contributed by atoms with Gasteiger partial charge in [-0.1, -0.05) is 17.7 Å². The smallest absolute Gasteiger partial charge is 0.316 e. The summed E-state index contributed by atoms with van der Waals surface area (Å²) in [5.41, 5.74) is -0.424. The fourth-order valence-electron chi connectivity index (χ4n) is 1.46. The van der Waals surface area contributed by atoms with Gasteiger partial charge in [0.1, 0.15) is 5.52 Å². The van der Waals surface area contributed by atoms with Gasteiger partial charge < -0.3 is 10.2 Å². The molecule has 10 heteroatoms. The lowest BCUT2D eigenvalue weighted by atomic mass is 10.4. The van der Waals surface area contributed by atoms with Crippen molar-refractivity contribution >= 4 is 28.9 Å². The van der Waals surface area contributed by atoms with Gasteiger partial charge in [0.2, 0.25) is 0 Å². The van der Waals surface area contributed by atoms with Crippen LogP contribution >= 0.6 is 11.6 Å². The van der Waals surface area contributed by atoms with Crippen molar-refractivity contribution in [1.82, 2.24) is 20.0 Å². The molecule has 0 radical (unpaired) electrons. The van der Waals surface area contributed by atoms with E-state index in [1.165, 1.54) is 6.08 Å². The van der Waals surface area contributed by atoms with E-state index in [1.54, 1.807) is 0 Å². The number of carbonyl (C=O) groups is 1.